The van der Waals surface area contributed by atoms with Gasteiger partial charge in [-0.2, -0.15) is 0 Å². The van der Waals surface area contributed by atoms with Crippen molar-refractivity contribution < 1.29 is 9.59 Å². The molecule has 6 atom stereocenters. The summed E-state index contributed by atoms with van der Waals surface area (Å²) < 4.78 is 0. The SMILES string of the molecule is C#CCC1=CC2C(=N)C(=O)CC[C@]2(C)[C@H]2CC[C@]3(C)C(=O)CC[C@H]3[C@H]12. The molecule has 3 fully saturated rings. The summed E-state index contributed by atoms with van der Waals surface area (Å²) in [5.41, 5.74) is 1.26. The molecule has 0 saturated heterocycles. The molecule has 132 valence electrons. The number of allylic oxidation sites excluding steroid dienone is 2. The van der Waals surface area contributed by atoms with Crippen LogP contribution in [-0.2, 0) is 9.59 Å². The van der Waals surface area contributed by atoms with Crippen LogP contribution >= 0.6 is 0 Å². The molecular weight excluding hydrogens is 310 g/mol. The number of carbonyl (C=O) groups is 2. The first-order chi connectivity index (χ1) is 11.8. The second-order valence-corrected chi connectivity index (χ2v) is 9.10. The van der Waals surface area contributed by atoms with Crippen molar-refractivity contribution in [3.8, 4) is 12.3 Å². The van der Waals surface area contributed by atoms with Gasteiger partial charge in [0, 0.05) is 30.6 Å². The van der Waals surface area contributed by atoms with Gasteiger partial charge >= 0.3 is 0 Å². The van der Waals surface area contributed by atoms with E-state index in [1.54, 1.807) is 0 Å². The maximum Gasteiger partial charge on any atom is 0.176 e. The van der Waals surface area contributed by atoms with E-state index < -0.39 is 0 Å². The summed E-state index contributed by atoms with van der Waals surface area (Å²) in [5, 5.41) is 8.39. The van der Waals surface area contributed by atoms with Gasteiger partial charge in [0.2, 0.25) is 0 Å². The van der Waals surface area contributed by atoms with Crippen LogP contribution in [0.5, 0.6) is 0 Å². The van der Waals surface area contributed by atoms with Crippen LogP contribution in [0.25, 0.3) is 0 Å². The molecule has 0 aromatic rings. The molecule has 0 bridgehead atoms. The fourth-order valence-electron chi connectivity index (χ4n) is 6.66. The summed E-state index contributed by atoms with van der Waals surface area (Å²) in [6.45, 7) is 4.44. The average molecular weight is 337 g/mol. The third-order valence-electron chi connectivity index (χ3n) is 8.15. The van der Waals surface area contributed by atoms with E-state index in [4.69, 9.17) is 11.8 Å². The van der Waals surface area contributed by atoms with Crippen molar-refractivity contribution in [1.29, 1.82) is 5.41 Å². The monoisotopic (exact) mass is 337 g/mol. The van der Waals surface area contributed by atoms with Crippen LogP contribution in [-0.4, -0.2) is 17.3 Å². The van der Waals surface area contributed by atoms with Crippen LogP contribution in [0.2, 0.25) is 0 Å². The number of carbonyl (C=O) groups excluding carboxylic acids is 2. The van der Waals surface area contributed by atoms with Crippen LogP contribution in [0, 0.1) is 52.3 Å². The number of hydrogen-bond donors (Lipinski definition) is 1. The minimum Gasteiger partial charge on any atom is -0.301 e. The van der Waals surface area contributed by atoms with Crippen LogP contribution in [0.1, 0.15) is 58.8 Å². The minimum atomic E-state index is -0.198. The molecule has 0 aromatic heterocycles. The lowest BCUT2D eigenvalue weighted by Crippen LogP contribution is -2.55. The van der Waals surface area contributed by atoms with E-state index in [9.17, 15) is 9.59 Å². The highest BCUT2D eigenvalue weighted by Crippen LogP contribution is 2.64. The Hall–Kier alpha value is -1.69. The van der Waals surface area contributed by atoms with Crippen molar-refractivity contribution in [3.63, 3.8) is 0 Å². The largest absolute Gasteiger partial charge is 0.301 e. The van der Waals surface area contributed by atoms with Gasteiger partial charge in [-0.25, -0.2) is 0 Å². The maximum atomic E-state index is 12.6. The number of terminal acetylenes is 1. The number of fused-ring (bicyclic) bond motifs is 5. The highest BCUT2D eigenvalue weighted by molar-refractivity contribution is 6.40. The van der Waals surface area contributed by atoms with E-state index >= 15 is 0 Å². The smallest absolute Gasteiger partial charge is 0.176 e. The predicted octanol–water partition coefficient (Wildman–Crippen LogP) is 3.97. The molecule has 4 aliphatic carbocycles. The van der Waals surface area contributed by atoms with Crippen LogP contribution in [0.15, 0.2) is 11.6 Å². The zero-order chi connectivity index (χ0) is 18.0. The molecule has 0 heterocycles. The third kappa shape index (κ3) is 2.09. The van der Waals surface area contributed by atoms with Crippen LogP contribution in [0.3, 0.4) is 0 Å². The molecule has 4 aliphatic rings. The van der Waals surface area contributed by atoms with Gasteiger partial charge in [-0.1, -0.05) is 25.5 Å². The summed E-state index contributed by atoms with van der Waals surface area (Å²) >= 11 is 0. The Morgan fingerprint density at radius 1 is 1.20 bits per heavy atom. The Bertz CT molecular complexity index is 742. The molecule has 1 N–H and O–H groups in total. The van der Waals surface area contributed by atoms with Gasteiger partial charge in [-0.3, -0.25) is 9.59 Å². The lowest BCUT2D eigenvalue weighted by molar-refractivity contribution is -0.132. The Balaban J connectivity index is 1.83. The van der Waals surface area contributed by atoms with Gasteiger partial charge in [0.25, 0.3) is 0 Å². The highest BCUT2D eigenvalue weighted by atomic mass is 16.1. The Kier molecular flexibility index (Phi) is 3.62. The quantitative estimate of drug-likeness (QED) is 0.581. The van der Waals surface area contributed by atoms with Crippen molar-refractivity contribution in [3.05, 3.63) is 11.6 Å². The van der Waals surface area contributed by atoms with Gasteiger partial charge in [0.15, 0.2) is 5.78 Å². The van der Waals surface area contributed by atoms with Gasteiger partial charge < -0.3 is 5.41 Å². The van der Waals surface area contributed by atoms with Crippen molar-refractivity contribution >= 4 is 17.3 Å². The molecule has 3 heteroatoms. The minimum absolute atomic E-state index is 0.00563. The third-order valence-corrected chi connectivity index (χ3v) is 8.15. The van der Waals surface area contributed by atoms with Crippen LogP contribution < -0.4 is 0 Å². The zero-order valence-corrected chi connectivity index (χ0v) is 15.2. The second-order valence-electron chi connectivity index (χ2n) is 9.10. The van der Waals surface area contributed by atoms with Crippen molar-refractivity contribution in [2.24, 2.45) is 34.5 Å². The molecular formula is C22H27NO2. The van der Waals surface area contributed by atoms with Gasteiger partial charge in [-0.05, 0) is 48.9 Å². The predicted molar refractivity (Wildman–Crippen MR) is 97.1 cm³/mol. The summed E-state index contributed by atoms with van der Waals surface area (Å²) in [5.74, 6) is 4.28. The van der Waals surface area contributed by atoms with Gasteiger partial charge in [0.05, 0.1) is 5.71 Å². The molecule has 4 rings (SSSR count). The van der Waals surface area contributed by atoms with E-state index in [1.165, 1.54) is 5.57 Å². The van der Waals surface area contributed by atoms with Crippen molar-refractivity contribution in [2.75, 3.05) is 0 Å². The fourth-order valence-corrected chi connectivity index (χ4v) is 6.66. The molecule has 25 heavy (non-hydrogen) atoms. The van der Waals surface area contributed by atoms with E-state index in [2.05, 4.69) is 25.8 Å². The van der Waals surface area contributed by atoms with Crippen molar-refractivity contribution in [2.45, 2.75) is 58.8 Å². The number of hydrogen-bond acceptors (Lipinski definition) is 3. The zero-order valence-electron chi connectivity index (χ0n) is 15.2. The Morgan fingerprint density at radius 2 is 1.96 bits per heavy atom. The molecule has 3 saturated carbocycles. The molecule has 1 unspecified atom stereocenters. The molecule has 0 radical (unpaired) electrons. The molecule has 3 nitrogen and oxygen atoms in total. The first kappa shape index (κ1) is 16.8. The molecule has 0 aromatic carbocycles. The lowest BCUT2D eigenvalue weighted by Gasteiger charge is -2.58. The average Bonchev–Trinajstić information content (AvgIpc) is 2.89. The molecule has 0 aliphatic heterocycles. The number of nitrogens with one attached hydrogen (secondary N) is 1. The van der Waals surface area contributed by atoms with E-state index in [1.807, 2.05) is 0 Å². The Labute approximate surface area is 150 Å². The lowest BCUT2D eigenvalue weighted by atomic mass is 9.45. The second kappa shape index (κ2) is 5.40. The van der Waals surface area contributed by atoms with E-state index in [-0.39, 0.29) is 28.2 Å². The number of Topliss-reactive ketones (excluding diaryl/α,β-unsaturated/α-hetero) is 2. The van der Waals surface area contributed by atoms with E-state index in [0.29, 0.717) is 42.8 Å². The molecule has 0 spiro atoms. The Morgan fingerprint density at radius 3 is 2.68 bits per heavy atom. The maximum absolute atomic E-state index is 12.6. The van der Waals surface area contributed by atoms with Gasteiger partial charge in [0.1, 0.15) is 5.78 Å². The number of rotatable bonds is 1. The summed E-state index contributed by atoms with van der Waals surface area (Å²) in [6.07, 6.45) is 13.4. The number of ketones is 2. The summed E-state index contributed by atoms with van der Waals surface area (Å²) in [6, 6.07) is 0. The topological polar surface area (TPSA) is 58.0 Å². The highest BCUT2D eigenvalue weighted by Gasteiger charge is 2.61. The molecule has 0 amide bonds. The first-order valence-corrected chi connectivity index (χ1v) is 9.62. The van der Waals surface area contributed by atoms with E-state index in [0.717, 1.165) is 25.7 Å². The van der Waals surface area contributed by atoms with Crippen molar-refractivity contribution in [1.82, 2.24) is 0 Å². The standard InChI is InChI=1S/C22H27NO2/c1-4-5-13-12-16-20(23)17(24)9-11-21(16,2)15-8-10-22(3)14(19(13)15)6-7-18(22)25/h1,12,14-16,19,23H,5-11H2,2-3H3/t14-,15-,16?,19-,21+,22-/m0/s1. The normalized spacial score (nSPS) is 46.0. The summed E-state index contributed by atoms with van der Waals surface area (Å²) in [4.78, 5) is 24.7. The summed E-state index contributed by atoms with van der Waals surface area (Å²) in [7, 11) is 0. The van der Waals surface area contributed by atoms with Gasteiger partial charge in [-0.15, -0.1) is 12.3 Å². The fraction of sp³-hybridized carbons (Fsp3) is 0.682. The van der Waals surface area contributed by atoms with Crippen LogP contribution in [0.4, 0.5) is 0 Å². The first-order valence-electron chi connectivity index (χ1n) is 9.62.